The summed E-state index contributed by atoms with van der Waals surface area (Å²) in [4.78, 5) is 14.9. The second-order valence-electron chi connectivity index (χ2n) is 11.3. The summed E-state index contributed by atoms with van der Waals surface area (Å²) in [5.41, 5.74) is 9.30. The van der Waals surface area contributed by atoms with Crippen molar-refractivity contribution in [3.63, 3.8) is 0 Å². The molecule has 0 spiro atoms. The van der Waals surface area contributed by atoms with Crippen molar-refractivity contribution < 1.29 is 0 Å². The monoisotopic (exact) mass is 559 g/mol. The minimum Gasteiger partial charge on any atom is -0.254 e. The molecule has 0 bridgehead atoms. The van der Waals surface area contributed by atoms with Gasteiger partial charge in [0.25, 0.3) is 0 Å². The highest BCUT2D eigenvalue weighted by Crippen LogP contribution is 2.38. The predicted octanol–water partition coefficient (Wildman–Crippen LogP) is 10.6. The van der Waals surface area contributed by atoms with Crippen LogP contribution in [-0.4, -0.2) is 15.0 Å². The molecule has 0 fully saturated rings. The standard InChI is InChI=1S/C41H25N3/c1-2-11-33-27(7-1)20-22-35-38(33)34-12-3-4-13-37(34)44-39(35)32-9-5-8-31(25-32)26-14-16-28(17-15-26)36-23-21-30-19-18-29-10-6-24-42-40(29)41(30)43-36/h1-25H. The molecule has 0 aliphatic heterocycles. The lowest BCUT2D eigenvalue weighted by molar-refractivity contribution is 1.37. The Hall–Kier alpha value is -5.93. The zero-order chi connectivity index (χ0) is 29.0. The van der Waals surface area contributed by atoms with Crippen LogP contribution < -0.4 is 0 Å². The lowest BCUT2D eigenvalue weighted by Gasteiger charge is -2.13. The summed E-state index contributed by atoms with van der Waals surface area (Å²) >= 11 is 0. The zero-order valence-electron chi connectivity index (χ0n) is 23.8. The first-order valence-electron chi connectivity index (χ1n) is 14.9. The number of nitrogens with zero attached hydrogens (tertiary/aromatic N) is 3. The number of hydrogen-bond acceptors (Lipinski definition) is 3. The molecule has 3 heteroatoms. The van der Waals surface area contributed by atoms with Crippen molar-refractivity contribution in [1.82, 2.24) is 15.0 Å². The summed E-state index contributed by atoms with van der Waals surface area (Å²) in [6, 6.07) is 51.4. The average molecular weight is 560 g/mol. The second-order valence-corrected chi connectivity index (χ2v) is 11.3. The van der Waals surface area contributed by atoms with Crippen LogP contribution in [0.4, 0.5) is 0 Å². The SMILES string of the molecule is c1cc(-c2ccc(-c3ccc4ccc5cccnc5c4n3)cc2)cc(-c2nc3ccccc3c3c2ccc2ccccc23)c1. The van der Waals surface area contributed by atoms with E-state index in [1.54, 1.807) is 0 Å². The molecule has 3 aromatic heterocycles. The van der Waals surface area contributed by atoms with Gasteiger partial charge in [-0.05, 0) is 46.2 Å². The maximum absolute atomic E-state index is 5.20. The van der Waals surface area contributed by atoms with Crippen LogP contribution >= 0.6 is 0 Å². The minimum atomic E-state index is 0.931. The van der Waals surface area contributed by atoms with Crippen LogP contribution in [0, 0.1) is 0 Å². The molecule has 0 atom stereocenters. The molecule has 9 rings (SSSR count). The number of benzene rings is 6. The largest absolute Gasteiger partial charge is 0.254 e. The molecule has 6 aromatic carbocycles. The fraction of sp³-hybridized carbons (Fsp3) is 0. The Labute approximate surface area is 254 Å². The van der Waals surface area contributed by atoms with Crippen molar-refractivity contribution in [1.29, 1.82) is 0 Å². The van der Waals surface area contributed by atoms with Crippen molar-refractivity contribution >= 4 is 54.3 Å². The molecule has 0 aliphatic carbocycles. The molecule has 0 aliphatic rings. The topological polar surface area (TPSA) is 38.7 Å². The van der Waals surface area contributed by atoms with E-state index in [9.17, 15) is 0 Å². The van der Waals surface area contributed by atoms with Gasteiger partial charge in [0, 0.05) is 44.3 Å². The van der Waals surface area contributed by atoms with Gasteiger partial charge in [-0.15, -0.1) is 0 Å². The van der Waals surface area contributed by atoms with Gasteiger partial charge in [-0.1, -0.05) is 121 Å². The molecule has 0 saturated heterocycles. The summed E-state index contributed by atoms with van der Waals surface area (Å²) in [6.07, 6.45) is 1.83. The molecule has 3 nitrogen and oxygen atoms in total. The number of fused-ring (bicyclic) bond motifs is 8. The molecule has 0 unspecified atom stereocenters. The first-order valence-corrected chi connectivity index (χ1v) is 14.9. The fourth-order valence-electron chi connectivity index (χ4n) is 6.51. The maximum atomic E-state index is 5.20. The molecular formula is C41H25N3. The Kier molecular flexibility index (Phi) is 5.50. The first-order chi connectivity index (χ1) is 21.8. The van der Waals surface area contributed by atoms with Gasteiger partial charge in [0.2, 0.25) is 0 Å². The van der Waals surface area contributed by atoms with Crippen LogP contribution in [-0.2, 0) is 0 Å². The van der Waals surface area contributed by atoms with Crippen molar-refractivity contribution in [2.75, 3.05) is 0 Å². The van der Waals surface area contributed by atoms with Crippen LogP contribution in [0.3, 0.4) is 0 Å². The quantitative estimate of drug-likeness (QED) is 0.202. The Balaban J connectivity index is 1.14. The smallest absolute Gasteiger partial charge is 0.0972 e. The highest BCUT2D eigenvalue weighted by Gasteiger charge is 2.14. The normalized spacial score (nSPS) is 11.6. The first kappa shape index (κ1) is 24.6. The van der Waals surface area contributed by atoms with E-state index in [1.807, 2.05) is 12.3 Å². The Bertz CT molecular complexity index is 2530. The van der Waals surface area contributed by atoms with E-state index in [2.05, 4.69) is 145 Å². The van der Waals surface area contributed by atoms with E-state index in [0.29, 0.717) is 0 Å². The minimum absolute atomic E-state index is 0.931. The highest BCUT2D eigenvalue weighted by atomic mass is 14.8. The van der Waals surface area contributed by atoms with Crippen molar-refractivity contribution in [2.24, 2.45) is 0 Å². The number of hydrogen-bond donors (Lipinski definition) is 0. The summed E-state index contributed by atoms with van der Waals surface area (Å²) in [5, 5.41) is 8.28. The lowest BCUT2D eigenvalue weighted by atomic mass is 9.94. The van der Waals surface area contributed by atoms with Crippen LogP contribution in [0.15, 0.2) is 152 Å². The van der Waals surface area contributed by atoms with E-state index >= 15 is 0 Å². The van der Waals surface area contributed by atoms with Crippen molar-refractivity contribution in [3.8, 4) is 33.6 Å². The zero-order valence-corrected chi connectivity index (χ0v) is 23.8. The van der Waals surface area contributed by atoms with E-state index in [4.69, 9.17) is 9.97 Å². The van der Waals surface area contributed by atoms with Gasteiger partial charge in [-0.25, -0.2) is 9.97 Å². The van der Waals surface area contributed by atoms with Gasteiger partial charge in [0.05, 0.1) is 27.9 Å². The van der Waals surface area contributed by atoms with Gasteiger partial charge >= 0.3 is 0 Å². The molecule has 0 N–H and O–H groups in total. The van der Waals surface area contributed by atoms with Gasteiger partial charge in [0.1, 0.15) is 0 Å². The highest BCUT2D eigenvalue weighted by molar-refractivity contribution is 6.22. The van der Waals surface area contributed by atoms with Crippen molar-refractivity contribution in [3.05, 3.63) is 152 Å². The Morgan fingerprint density at radius 3 is 2.00 bits per heavy atom. The third-order valence-electron chi connectivity index (χ3n) is 8.67. The third kappa shape index (κ3) is 3.94. The van der Waals surface area contributed by atoms with E-state index in [1.165, 1.54) is 26.9 Å². The van der Waals surface area contributed by atoms with Crippen molar-refractivity contribution in [2.45, 2.75) is 0 Å². The van der Waals surface area contributed by atoms with Gasteiger partial charge in [0.15, 0.2) is 0 Å². The summed E-state index contributed by atoms with van der Waals surface area (Å²) in [7, 11) is 0. The summed E-state index contributed by atoms with van der Waals surface area (Å²) in [5.74, 6) is 0. The number of rotatable bonds is 3. The second kappa shape index (κ2) is 9.82. The van der Waals surface area contributed by atoms with E-state index < -0.39 is 0 Å². The van der Waals surface area contributed by atoms with Crippen LogP contribution in [0.25, 0.3) is 87.9 Å². The fourth-order valence-corrected chi connectivity index (χ4v) is 6.51. The number of aromatic nitrogens is 3. The third-order valence-corrected chi connectivity index (χ3v) is 8.67. The molecule has 9 aromatic rings. The predicted molar refractivity (Wildman–Crippen MR) is 184 cm³/mol. The molecule has 44 heavy (non-hydrogen) atoms. The molecular weight excluding hydrogens is 534 g/mol. The van der Waals surface area contributed by atoms with Crippen LogP contribution in [0.2, 0.25) is 0 Å². The molecule has 3 heterocycles. The Morgan fingerprint density at radius 2 is 1.09 bits per heavy atom. The van der Waals surface area contributed by atoms with Gasteiger partial charge in [-0.3, -0.25) is 4.98 Å². The lowest BCUT2D eigenvalue weighted by Crippen LogP contribution is -1.91. The summed E-state index contributed by atoms with van der Waals surface area (Å²) in [6.45, 7) is 0. The number of pyridine rings is 3. The van der Waals surface area contributed by atoms with Crippen LogP contribution in [0.5, 0.6) is 0 Å². The van der Waals surface area contributed by atoms with E-state index in [0.717, 1.165) is 61.0 Å². The van der Waals surface area contributed by atoms with E-state index in [-0.39, 0.29) is 0 Å². The van der Waals surface area contributed by atoms with Crippen LogP contribution in [0.1, 0.15) is 0 Å². The average Bonchev–Trinajstić information content (AvgIpc) is 3.11. The number of para-hydroxylation sites is 1. The molecule has 0 amide bonds. The Morgan fingerprint density at radius 1 is 0.386 bits per heavy atom. The maximum Gasteiger partial charge on any atom is 0.0972 e. The molecule has 204 valence electrons. The molecule has 0 radical (unpaired) electrons. The van der Waals surface area contributed by atoms with Gasteiger partial charge < -0.3 is 0 Å². The summed E-state index contributed by atoms with van der Waals surface area (Å²) < 4.78 is 0. The molecule has 0 saturated carbocycles. The van der Waals surface area contributed by atoms with Gasteiger partial charge in [-0.2, -0.15) is 0 Å².